The van der Waals surface area contributed by atoms with Crippen LogP contribution in [0, 0.1) is 0 Å². The lowest BCUT2D eigenvalue weighted by atomic mass is 10.1. The molecule has 20 heavy (non-hydrogen) atoms. The maximum Gasteiger partial charge on any atom is 0.123 e. The minimum atomic E-state index is 0.199. The average Bonchev–Trinajstić information content (AvgIpc) is 3.03. The minimum Gasteiger partial charge on any atom is -0.488 e. The van der Waals surface area contributed by atoms with Gasteiger partial charge in [-0.15, -0.1) is 0 Å². The zero-order valence-corrected chi connectivity index (χ0v) is 11.1. The number of ether oxygens (including phenoxy) is 1. The SMILES string of the molecule is Nc1ccc2ccn(CC3Cc4ccccc4O3)c2c1. The first-order chi connectivity index (χ1) is 9.79. The molecule has 0 saturated heterocycles. The van der Waals surface area contributed by atoms with Gasteiger partial charge in [-0.05, 0) is 35.2 Å². The van der Waals surface area contributed by atoms with Crippen LogP contribution in [0.5, 0.6) is 5.75 Å². The van der Waals surface area contributed by atoms with E-state index in [1.165, 1.54) is 16.5 Å². The molecule has 0 bridgehead atoms. The van der Waals surface area contributed by atoms with E-state index in [2.05, 4.69) is 35.0 Å². The van der Waals surface area contributed by atoms with Crippen molar-refractivity contribution in [2.45, 2.75) is 19.1 Å². The number of nitrogen functional groups attached to an aromatic ring is 1. The van der Waals surface area contributed by atoms with Crippen LogP contribution in [0.3, 0.4) is 0 Å². The van der Waals surface area contributed by atoms with Crippen LogP contribution < -0.4 is 10.5 Å². The van der Waals surface area contributed by atoms with Crippen LogP contribution in [0.1, 0.15) is 5.56 Å². The number of nitrogens with two attached hydrogens (primary N) is 1. The molecule has 1 atom stereocenters. The molecule has 0 saturated carbocycles. The molecule has 1 aliphatic heterocycles. The van der Waals surface area contributed by atoms with E-state index in [-0.39, 0.29) is 6.10 Å². The summed E-state index contributed by atoms with van der Waals surface area (Å²) in [4.78, 5) is 0. The third-order valence-electron chi connectivity index (χ3n) is 3.91. The van der Waals surface area contributed by atoms with Crippen LogP contribution in [-0.2, 0) is 13.0 Å². The number of anilines is 1. The van der Waals surface area contributed by atoms with Gasteiger partial charge in [-0.2, -0.15) is 0 Å². The van der Waals surface area contributed by atoms with Gasteiger partial charge in [-0.3, -0.25) is 0 Å². The molecule has 100 valence electrons. The Morgan fingerprint density at radius 2 is 2.05 bits per heavy atom. The normalized spacial score (nSPS) is 17.1. The third-order valence-corrected chi connectivity index (χ3v) is 3.91. The Hall–Kier alpha value is -2.42. The maximum atomic E-state index is 6.01. The Labute approximate surface area is 117 Å². The van der Waals surface area contributed by atoms with Crippen LogP contribution in [0.15, 0.2) is 54.7 Å². The molecule has 1 aliphatic rings. The first kappa shape index (κ1) is 11.4. The number of fused-ring (bicyclic) bond motifs is 2. The number of nitrogens with zero attached hydrogens (tertiary/aromatic N) is 1. The first-order valence-electron chi connectivity index (χ1n) is 6.88. The van der Waals surface area contributed by atoms with Crippen LogP contribution in [0.25, 0.3) is 10.9 Å². The Morgan fingerprint density at radius 1 is 1.15 bits per heavy atom. The summed E-state index contributed by atoms with van der Waals surface area (Å²) in [6.45, 7) is 0.849. The fraction of sp³-hybridized carbons (Fsp3) is 0.176. The van der Waals surface area contributed by atoms with Crippen molar-refractivity contribution in [2.24, 2.45) is 0 Å². The molecule has 4 rings (SSSR count). The highest BCUT2D eigenvalue weighted by Gasteiger charge is 2.22. The van der Waals surface area contributed by atoms with E-state index >= 15 is 0 Å². The van der Waals surface area contributed by atoms with Crippen LogP contribution >= 0.6 is 0 Å². The van der Waals surface area contributed by atoms with Crippen molar-refractivity contribution in [3.8, 4) is 5.75 Å². The second-order valence-corrected chi connectivity index (χ2v) is 5.34. The molecule has 0 aliphatic carbocycles. The van der Waals surface area contributed by atoms with Gasteiger partial charge in [-0.1, -0.05) is 24.3 Å². The molecule has 2 aromatic carbocycles. The van der Waals surface area contributed by atoms with Crippen molar-refractivity contribution >= 4 is 16.6 Å². The molecule has 2 N–H and O–H groups in total. The van der Waals surface area contributed by atoms with Gasteiger partial charge in [0.05, 0.1) is 12.1 Å². The second-order valence-electron chi connectivity index (χ2n) is 5.34. The van der Waals surface area contributed by atoms with Crippen molar-refractivity contribution in [1.29, 1.82) is 0 Å². The lowest BCUT2D eigenvalue weighted by Gasteiger charge is -2.13. The molecule has 0 radical (unpaired) electrons. The number of rotatable bonds is 2. The Morgan fingerprint density at radius 3 is 2.95 bits per heavy atom. The summed E-state index contributed by atoms with van der Waals surface area (Å²) in [5.41, 5.74) is 9.15. The molecular formula is C17H16N2O. The summed E-state index contributed by atoms with van der Waals surface area (Å²) in [6, 6.07) is 16.4. The Bertz CT molecular complexity index is 751. The molecule has 2 heterocycles. The van der Waals surface area contributed by atoms with Gasteiger partial charge in [0.25, 0.3) is 0 Å². The van der Waals surface area contributed by atoms with E-state index in [0.717, 1.165) is 24.4 Å². The highest BCUT2D eigenvalue weighted by molar-refractivity contribution is 5.83. The van der Waals surface area contributed by atoms with E-state index in [1.54, 1.807) is 0 Å². The van der Waals surface area contributed by atoms with E-state index in [0.29, 0.717) is 0 Å². The van der Waals surface area contributed by atoms with Crippen LogP contribution in [0.4, 0.5) is 5.69 Å². The van der Waals surface area contributed by atoms with E-state index < -0.39 is 0 Å². The lowest BCUT2D eigenvalue weighted by Crippen LogP contribution is -2.20. The van der Waals surface area contributed by atoms with Gasteiger partial charge >= 0.3 is 0 Å². The summed E-state index contributed by atoms with van der Waals surface area (Å²) in [7, 11) is 0. The number of aromatic nitrogens is 1. The number of benzene rings is 2. The van der Waals surface area contributed by atoms with E-state index in [9.17, 15) is 0 Å². The van der Waals surface area contributed by atoms with Gasteiger partial charge in [-0.25, -0.2) is 0 Å². The average molecular weight is 264 g/mol. The smallest absolute Gasteiger partial charge is 0.123 e. The van der Waals surface area contributed by atoms with Gasteiger partial charge < -0.3 is 15.0 Å². The van der Waals surface area contributed by atoms with E-state index in [1.807, 2.05) is 24.3 Å². The summed E-state index contributed by atoms with van der Waals surface area (Å²) in [6.07, 6.45) is 3.28. The van der Waals surface area contributed by atoms with E-state index in [4.69, 9.17) is 10.5 Å². The van der Waals surface area contributed by atoms with Gasteiger partial charge in [0, 0.05) is 18.3 Å². The fourth-order valence-electron chi connectivity index (χ4n) is 2.94. The second kappa shape index (κ2) is 4.30. The van der Waals surface area contributed by atoms with Gasteiger partial charge in [0.15, 0.2) is 0 Å². The summed E-state index contributed by atoms with van der Waals surface area (Å²) in [5.74, 6) is 1.02. The van der Waals surface area contributed by atoms with Crippen molar-refractivity contribution < 1.29 is 4.74 Å². The standard InChI is InChI=1S/C17H16N2O/c18-14-6-5-12-7-8-19(16(12)10-14)11-15-9-13-3-1-2-4-17(13)20-15/h1-8,10,15H,9,11,18H2. The predicted octanol–water partition coefficient (Wildman–Crippen LogP) is 3.23. The summed E-state index contributed by atoms with van der Waals surface area (Å²) >= 11 is 0. The van der Waals surface area contributed by atoms with Crippen molar-refractivity contribution in [3.05, 3.63) is 60.3 Å². The molecule has 3 aromatic rings. The zero-order chi connectivity index (χ0) is 13.5. The number of hydrogen-bond acceptors (Lipinski definition) is 2. The third kappa shape index (κ3) is 1.83. The Kier molecular flexibility index (Phi) is 2.46. The van der Waals surface area contributed by atoms with Gasteiger partial charge in [0.2, 0.25) is 0 Å². The highest BCUT2D eigenvalue weighted by Crippen LogP contribution is 2.29. The van der Waals surface area contributed by atoms with Crippen molar-refractivity contribution in [1.82, 2.24) is 4.57 Å². The highest BCUT2D eigenvalue weighted by atomic mass is 16.5. The summed E-state index contributed by atoms with van der Waals surface area (Å²) in [5, 5.41) is 1.22. The topological polar surface area (TPSA) is 40.2 Å². The molecular weight excluding hydrogens is 248 g/mol. The molecule has 3 heteroatoms. The fourth-order valence-corrected chi connectivity index (χ4v) is 2.94. The zero-order valence-electron chi connectivity index (χ0n) is 11.1. The Balaban J connectivity index is 1.62. The van der Waals surface area contributed by atoms with Crippen molar-refractivity contribution in [3.63, 3.8) is 0 Å². The lowest BCUT2D eigenvalue weighted by molar-refractivity contribution is 0.211. The first-order valence-corrected chi connectivity index (χ1v) is 6.88. The van der Waals surface area contributed by atoms with Gasteiger partial charge in [0.1, 0.15) is 11.9 Å². The largest absolute Gasteiger partial charge is 0.488 e. The minimum absolute atomic E-state index is 0.199. The maximum absolute atomic E-state index is 6.01. The van der Waals surface area contributed by atoms with Crippen molar-refractivity contribution in [2.75, 3.05) is 5.73 Å². The number of hydrogen-bond donors (Lipinski definition) is 1. The molecule has 1 unspecified atom stereocenters. The molecule has 0 amide bonds. The molecule has 3 nitrogen and oxygen atoms in total. The quantitative estimate of drug-likeness (QED) is 0.722. The predicted molar refractivity (Wildman–Crippen MR) is 80.9 cm³/mol. The van der Waals surface area contributed by atoms with Crippen LogP contribution in [0.2, 0.25) is 0 Å². The molecule has 1 aromatic heterocycles. The monoisotopic (exact) mass is 264 g/mol. The molecule has 0 fully saturated rings. The van der Waals surface area contributed by atoms with Crippen LogP contribution in [-0.4, -0.2) is 10.7 Å². The number of para-hydroxylation sites is 1. The summed E-state index contributed by atoms with van der Waals surface area (Å²) < 4.78 is 8.23. The molecule has 0 spiro atoms.